The summed E-state index contributed by atoms with van der Waals surface area (Å²) in [6.07, 6.45) is -0.201. The Morgan fingerprint density at radius 1 is 1.35 bits per heavy atom. The molecule has 92 valence electrons. The van der Waals surface area contributed by atoms with Gasteiger partial charge in [0.1, 0.15) is 11.1 Å². The molecule has 5 nitrogen and oxygen atoms in total. The Balaban J connectivity index is 2.31. The highest BCUT2D eigenvalue weighted by atomic mass is 32.2. The lowest BCUT2D eigenvalue weighted by atomic mass is 10.3. The fraction of sp³-hybridized carbons (Fsp3) is 0.300. The molecule has 2 rings (SSSR count). The maximum absolute atomic E-state index is 13.5. The predicted octanol–water partition coefficient (Wildman–Crippen LogP) is 0.220. The lowest BCUT2D eigenvalue weighted by Crippen LogP contribution is -2.32. The number of amides is 1. The number of benzene rings is 1. The zero-order chi connectivity index (χ0) is 12.6. The third-order valence-corrected chi connectivity index (χ3v) is 3.94. The Kier molecular flexibility index (Phi) is 2.88. The van der Waals surface area contributed by atoms with E-state index in [1.807, 2.05) is 0 Å². The van der Waals surface area contributed by atoms with Crippen molar-refractivity contribution in [1.29, 1.82) is 0 Å². The van der Waals surface area contributed by atoms with Crippen LogP contribution in [0.1, 0.15) is 6.42 Å². The molecule has 1 aromatic carbocycles. The lowest BCUT2D eigenvalue weighted by molar-refractivity contribution is -0.117. The molecule has 2 N–H and O–H groups in total. The first kappa shape index (κ1) is 12.0. The fourth-order valence-electron chi connectivity index (χ4n) is 1.80. The average Bonchev–Trinajstić information content (AvgIpc) is 2.61. The minimum absolute atomic E-state index is 0.0867. The maximum atomic E-state index is 13.5. The molecular formula is C10H11FN2O3S. The number of primary sulfonamides is 1. The third-order valence-electron chi connectivity index (χ3n) is 2.70. The molecular weight excluding hydrogens is 247 g/mol. The maximum Gasteiger partial charge on any atom is 0.228 e. The number of rotatable bonds is 2. The van der Waals surface area contributed by atoms with E-state index in [9.17, 15) is 17.6 Å². The molecule has 1 saturated heterocycles. The Bertz CT molecular complexity index is 558. The molecule has 1 unspecified atom stereocenters. The van der Waals surface area contributed by atoms with Crippen molar-refractivity contribution < 1.29 is 17.6 Å². The molecule has 0 saturated carbocycles. The first-order valence-electron chi connectivity index (χ1n) is 4.96. The quantitative estimate of drug-likeness (QED) is 0.824. The van der Waals surface area contributed by atoms with Crippen LogP contribution < -0.4 is 10.0 Å². The summed E-state index contributed by atoms with van der Waals surface area (Å²) in [5, 5.41) is 4.02. The van der Waals surface area contributed by atoms with Crippen molar-refractivity contribution in [2.24, 2.45) is 5.14 Å². The second kappa shape index (κ2) is 4.08. The van der Waals surface area contributed by atoms with Crippen LogP contribution in [0.4, 0.5) is 10.1 Å². The molecule has 0 aromatic heterocycles. The Hall–Kier alpha value is -1.47. The molecule has 1 aliphatic rings. The molecule has 7 heteroatoms. The summed E-state index contributed by atoms with van der Waals surface area (Å²) < 4.78 is 35.8. The van der Waals surface area contributed by atoms with Gasteiger partial charge in [-0.1, -0.05) is 12.1 Å². The molecule has 17 heavy (non-hydrogen) atoms. The molecule has 1 aliphatic heterocycles. The van der Waals surface area contributed by atoms with Crippen LogP contribution in [0.2, 0.25) is 0 Å². The highest BCUT2D eigenvalue weighted by Gasteiger charge is 2.37. The summed E-state index contributed by atoms with van der Waals surface area (Å²) in [4.78, 5) is 12.7. The third kappa shape index (κ3) is 2.29. The molecule has 1 aromatic rings. The van der Waals surface area contributed by atoms with Gasteiger partial charge in [0.15, 0.2) is 0 Å². The van der Waals surface area contributed by atoms with Crippen LogP contribution in [0.5, 0.6) is 0 Å². The number of anilines is 1. The summed E-state index contributed by atoms with van der Waals surface area (Å²) in [6.45, 7) is -0.0986. The molecule has 0 spiro atoms. The molecule has 0 aliphatic carbocycles. The van der Waals surface area contributed by atoms with E-state index in [2.05, 4.69) is 0 Å². The zero-order valence-corrected chi connectivity index (χ0v) is 9.65. The van der Waals surface area contributed by atoms with Crippen molar-refractivity contribution in [3.05, 3.63) is 30.1 Å². The van der Waals surface area contributed by atoms with Crippen LogP contribution in [0.25, 0.3) is 0 Å². The van der Waals surface area contributed by atoms with E-state index in [1.165, 1.54) is 18.2 Å². The monoisotopic (exact) mass is 258 g/mol. The van der Waals surface area contributed by atoms with Gasteiger partial charge < -0.3 is 4.90 Å². The number of hydrogen-bond donors (Lipinski definition) is 1. The minimum Gasteiger partial charge on any atom is -0.308 e. The van der Waals surface area contributed by atoms with Gasteiger partial charge in [0.2, 0.25) is 15.9 Å². The van der Waals surface area contributed by atoms with Gasteiger partial charge in [-0.3, -0.25) is 4.79 Å². The van der Waals surface area contributed by atoms with E-state index in [1.54, 1.807) is 6.07 Å². The molecule has 1 amide bonds. The van der Waals surface area contributed by atoms with Gasteiger partial charge in [0.25, 0.3) is 0 Å². The van der Waals surface area contributed by atoms with Gasteiger partial charge in [-0.05, 0) is 12.1 Å². The molecule has 1 heterocycles. The van der Waals surface area contributed by atoms with Crippen molar-refractivity contribution in [2.75, 3.05) is 11.4 Å². The van der Waals surface area contributed by atoms with Gasteiger partial charge in [0.05, 0.1) is 5.69 Å². The first-order valence-corrected chi connectivity index (χ1v) is 6.57. The van der Waals surface area contributed by atoms with E-state index < -0.39 is 27.0 Å². The van der Waals surface area contributed by atoms with E-state index in [0.717, 1.165) is 4.90 Å². The van der Waals surface area contributed by atoms with E-state index >= 15 is 0 Å². The normalized spacial score (nSPS) is 20.9. The minimum atomic E-state index is -3.77. The predicted molar refractivity (Wildman–Crippen MR) is 60.3 cm³/mol. The van der Waals surface area contributed by atoms with Crippen LogP contribution in [0.3, 0.4) is 0 Å². The molecule has 0 radical (unpaired) electrons. The van der Waals surface area contributed by atoms with Gasteiger partial charge in [0, 0.05) is 13.0 Å². The van der Waals surface area contributed by atoms with E-state index in [0.29, 0.717) is 0 Å². The second-order valence-corrected chi connectivity index (χ2v) is 5.72. The summed E-state index contributed by atoms with van der Waals surface area (Å²) in [7, 11) is -3.77. The van der Waals surface area contributed by atoms with Crippen LogP contribution in [-0.2, 0) is 14.8 Å². The number of carbonyl (C=O) groups is 1. The van der Waals surface area contributed by atoms with Gasteiger partial charge in [-0.25, -0.2) is 17.9 Å². The van der Waals surface area contributed by atoms with E-state index in [4.69, 9.17) is 5.14 Å². The highest BCUT2D eigenvalue weighted by Crippen LogP contribution is 2.26. The number of hydrogen-bond acceptors (Lipinski definition) is 3. The lowest BCUT2D eigenvalue weighted by Gasteiger charge is -2.16. The van der Waals surface area contributed by atoms with Crippen molar-refractivity contribution in [3.63, 3.8) is 0 Å². The van der Waals surface area contributed by atoms with Crippen molar-refractivity contribution in [2.45, 2.75) is 11.7 Å². The Labute approximate surface area is 98.1 Å². The van der Waals surface area contributed by atoms with Gasteiger partial charge in [-0.2, -0.15) is 0 Å². The van der Waals surface area contributed by atoms with Crippen LogP contribution in [0, 0.1) is 5.82 Å². The summed E-state index contributed by atoms with van der Waals surface area (Å²) in [5.74, 6) is -0.995. The topological polar surface area (TPSA) is 80.5 Å². The second-order valence-electron chi connectivity index (χ2n) is 3.87. The smallest absolute Gasteiger partial charge is 0.228 e. The van der Waals surface area contributed by atoms with Crippen molar-refractivity contribution >= 4 is 21.6 Å². The Morgan fingerprint density at radius 2 is 2.00 bits per heavy atom. The van der Waals surface area contributed by atoms with Crippen LogP contribution >= 0.6 is 0 Å². The van der Waals surface area contributed by atoms with Crippen LogP contribution in [0.15, 0.2) is 24.3 Å². The standard InChI is InChI=1S/C10H11FN2O3S/c11-8-3-1-2-4-9(8)13-6-7(5-10(13)14)17(12,15)16/h1-4,7H,5-6H2,(H2,12,15,16). The number of nitrogens with two attached hydrogens (primary N) is 1. The fourth-order valence-corrected chi connectivity index (χ4v) is 2.53. The first-order chi connectivity index (χ1) is 7.89. The summed E-state index contributed by atoms with van der Waals surface area (Å²) in [5.41, 5.74) is 0.0867. The van der Waals surface area contributed by atoms with Crippen LogP contribution in [-0.4, -0.2) is 26.1 Å². The SMILES string of the molecule is NS(=O)(=O)C1CC(=O)N(c2ccccc2F)C1. The van der Waals surface area contributed by atoms with Gasteiger partial charge >= 0.3 is 0 Å². The number of halogens is 1. The summed E-state index contributed by atoms with van der Waals surface area (Å²) >= 11 is 0. The Morgan fingerprint density at radius 3 is 2.53 bits per heavy atom. The van der Waals surface area contributed by atoms with E-state index in [-0.39, 0.29) is 18.7 Å². The van der Waals surface area contributed by atoms with Crippen molar-refractivity contribution in [3.8, 4) is 0 Å². The number of para-hydroxylation sites is 1. The van der Waals surface area contributed by atoms with Gasteiger partial charge in [-0.15, -0.1) is 0 Å². The zero-order valence-electron chi connectivity index (χ0n) is 8.84. The molecule has 1 fully saturated rings. The number of carbonyl (C=O) groups excluding carboxylic acids is 1. The summed E-state index contributed by atoms with van der Waals surface area (Å²) in [6, 6.07) is 5.72. The largest absolute Gasteiger partial charge is 0.308 e. The molecule has 1 atom stereocenters. The highest BCUT2D eigenvalue weighted by molar-refractivity contribution is 7.89. The number of sulfonamides is 1. The number of nitrogens with zero attached hydrogens (tertiary/aromatic N) is 1. The molecule has 0 bridgehead atoms. The average molecular weight is 258 g/mol. The van der Waals surface area contributed by atoms with Crippen molar-refractivity contribution in [1.82, 2.24) is 0 Å².